The van der Waals surface area contributed by atoms with Gasteiger partial charge in [-0.25, -0.2) is 0 Å². The third-order valence-electron chi connectivity index (χ3n) is 1.70. The van der Waals surface area contributed by atoms with Crippen LogP contribution in [-0.4, -0.2) is 12.6 Å². The summed E-state index contributed by atoms with van der Waals surface area (Å²) >= 11 is 15.0. The third kappa shape index (κ3) is 3.67. The highest BCUT2D eigenvalue weighted by atomic mass is 79.9. The Labute approximate surface area is 107 Å². The fourth-order valence-electron chi connectivity index (χ4n) is 1.09. The van der Waals surface area contributed by atoms with E-state index in [4.69, 9.17) is 27.9 Å². The number of hydrogen-bond donors (Lipinski definition) is 0. The van der Waals surface area contributed by atoms with E-state index in [1.807, 2.05) is 0 Å². The highest BCUT2D eigenvalue weighted by molar-refractivity contribution is 9.10. The molecule has 0 heterocycles. The van der Waals surface area contributed by atoms with E-state index in [-0.39, 0.29) is 12.4 Å². The van der Waals surface area contributed by atoms with Gasteiger partial charge in [0.15, 0.2) is 0 Å². The number of esters is 1. The summed E-state index contributed by atoms with van der Waals surface area (Å²) < 4.78 is 5.46. The lowest BCUT2D eigenvalue weighted by atomic mass is 10.1. The summed E-state index contributed by atoms with van der Waals surface area (Å²) in [6.07, 6.45) is 0.181. The largest absolute Gasteiger partial charge is 0.466 e. The van der Waals surface area contributed by atoms with Crippen molar-refractivity contribution < 1.29 is 9.53 Å². The van der Waals surface area contributed by atoms with Gasteiger partial charge < -0.3 is 4.74 Å². The van der Waals surface area contributed by atoms with Crippen LogP contribution in [0.4, 0.5) is 0 Å². The van der Waals surface area contributed by atoms with E-state index in [0.717, 1.165) is 5.56 Å². The van der Waals surface area contributed by atoms with Gasteiger partial charge in [-0.2, -0.15) is 0 Å². The standard InChI is InChI=1S/C10H9BrCl2O2/c1-2-15-9(14)5-6-3-7(12)10(11)8(13)4-6/h3-4H,2,5H2,1H3. The van der Waals surface area contributed by atoms with E-state index in [2.05, 4.69) is 15.9 Å². The van der Waals surface area contributed by atoms with E-state index in [9.17, 15) is 4.79 Å². The number of carbonyl (C=O) groups excluding carboxylic acids is 1. The lowest BCUT2D eigenvalue weighted by Gasteiger charge is -2.05. The maximum absolute atomic E-state index is 11.2. The molecule has 0 spiro atoms. The molecule has 0 aliphatic rings. The van der Waals surface area contributed by atoms with Crippen molar-refractivity contribution in [1.29, 1.82) is 0 Å². The second-order valence-corrected chi connectivity index (χ2v) is 4.46. The average molecular weight is 312 g/mol. The minimum absolute atomic E-state index is 0.181. The van der Waals surface area contributed by atoms with Gasteiger partial charge in [0.2, 0.25) is 0 Å². The smallest absolute Gasteiger partial charge is 0.310 e. The topological polar surface area (TPSA) is 26.3 Å². The number of carbonyl (C=O) groups is 1. The molecule has 1 rings (SSSR count). The van der Waals surface area contributed by atoms with E-state index in [1.165, 1.54) is 0 Å². The molecule has 0 fully saturated rings. The molecule has 1 aromatic carbocycles. The zero-order valence-corrected chi connectivity index (χ0v) is 11.1. The van der Waals surface area contributed by atoms with Crippen molar-refractivity contribution in [3.63, 3.8) is 0 Å². The Morgan fingerprint density at radius 1 is 1.40 bits per heavy atom. The summed E-state index contributed by atoms with van der Waals surface area (Å²) in [5.41, 5.74) is 0.742. The predicted octanol–water partition coefficient (Wildman–Crippen LogP) is 3.86. The normalized spacial score (nSPS) is 10.1. The number of benzene rings is 1. The van der Waals surface area contributed by atoms with Crippen molar-refractivity contribution in [2.24, 2.45) is 0 Å². The SMILES string of the molecule is CCOC(=O)Cc1cc(Cl)c(Br)c(Cl)c1. The van der Waals surface area contributed by atoms with Gasteiger partial charge >= 0.3 is 5.97 Å². The van der Waals surface area contributed by atoms with Gasteiger partial charge in [-0.3, -0.25) is 4.79 Å². The summed E-state index contributed by atoms with van der Waals surface area (Å²) in [4.78, 5) is 11.2. The molecule has 0 bridgehead atoms. The molecule has 82 valence electrons. The molecule has 0 aromatic heterocycles. The quantitative estimate of drug-likeness (QED) is 0.626. The monoisotopic (exact) mass is 310 g/mol. The van der Waals surface area contributed by atoms with E-state index in [0.29, 0.717) is 21.1 Å². The van der Waals surface area contributed by atoms with Crippen LogP contribution in [0, 0.1) is 0 Å². The van der Waals surface area contributed by atoms with Crippen molar-refractivity contribution >= 4 is 45.1 Å². The fraction of sp³-hybridized carbons (Fsp3) is 0.300. The molecule has 0 aliphatic carbocycles. The highest BCUT2D eigenvalue weighted by Crippen LogP contribution is 2.31. The van der Waals surface area contributed by atoms with Gasteiger partial charge in [0, 0.05) is 0 Å². The van der Waals surface area contributed by atoms with Crippen LogP contribution in [0.5, 0.6) is 0 Å². The molecule has 0 atom stereocenters. The van der Waals surface area contributed by atoms with Crippen LogP contribution in [0.2, 0.25) is 10.0 Å². The van der Waals surface area contributed by atoms with Crippen molar-refractivity contribution in [3.8, 4) is 0 Å². The lowest BCUT2D eigenvalue weighted by Crippen LogP contribution is -2.07. The summed E-state index contributed by atoms with van der Waals surface area (Å²) in [5.74, 6) is -0.285. The van der Waals surface area contributed by atoms with Crippen LogP contribution >= 0.6 is 39.1 Å². The Bertz CT molecular complexity index is 357. The number of rotatable bonds is 3. The lowest BCUT2D eigenvalue weighted by molar-refractivity contribution is -0.142. The van der Waals surface area contributed by atoms with Crippen molar-refractivity contribution in [1.82, 2.24) is 0 Å². The van der Waals surface area contributed by atoms with Gasteiger partial charge in [0.1, 0.15) is 0 Å². The fourth-order valence-corrected chi connectivity index (χ4v) is 1.85. The summed E-state index contributed by atoms with van der Waals surface area (Å²) in [6, 6.07) is 3.38. The molecule has 0 unspecified atom stereocenters. The van der Waals surface area contributed by atoms with Crippen LogP contribution in [0.3, 0.4) is 0 Å². The molecule has 0 amide bonds. The van der Waals surface area contributed by atoms with Crippen LogP contribution < -0.4 is 0 Å². The van der Waals surface area contributed by atoms with E-state index in [1.54, 1.807) is 19.1 Å². The van der Waals surface area contributed by atoms with Crippen molar-refractivity contribution in [2.45, 2.75) is 13.3 Å². The Hall–Kier alpha value is -0.250. The Kier molecular flexibility index (Phi) is 4.90. The first-order chi connectivity index (χ1) is 7.04. The first kappa shape index (κ1) is 12.8. The van der Waals surface area contributed by atoms with Gasteiger partial charge in [-0.15, -0.1) is 0 Å². The average Bonchev–Trinajstić information content (AvgIpc) is 2.14. The van der Waals surface area contributed by atoms with Crippen molar-refractivity contribution in [3.05, 3.63) is 32.2 Å². The van der Waals surface area contributed by atoms with Crippen LogP contribution in [-0.2, 0) is 16.0 Å². The highest BCUT2D eigenvalue weighted by Gasteiger charge is 2.09. The summed E-state index contributed by atoms with van der Waals surface area (Å²) in [7, 11) is 0. The maximum Gasteiger partial charge on any atom is 0.310 e. The maximum atomic E-state index is 11.2. The van der Waals surface area contributed by atoms with E-state index < -0.39 is 0 Å². The third-order valence-corrected chi connectivity index (χ3v) is 3.60. The Balaban J connectivity index is 2.83. The zero-order chi connectivity index (χ0) is 11.4. The number of halogens is 3. The second kappa shape index (κ2) is 5.73. The second-order valence-electron chi connectivity index (χ2n) is 2.86. The minimum Gasteiger partial charge on any atom is -0.466 e. The summed E-state index contributed by atoms with van der Waals surface area (Å²) in [5, 5.41) is 0.976. The molecular formula is C10H9BrCl2O2. The molecule has 0 saturated carbocycles. The summed E-state index contributed by atoms with van der Waals surface area (Å²) in [6.45, 7) is 2.14. The van der Waals surface area contributed by atoms with E-state index >= 15 is 0 Å². The predicted molar refractivity (Wildman–Crippen MR) is 64.5 cm³/mol. The minimum atomic E-state index is -0.285. The first-order valence-electron chi connectivity index (χ1n) is 4.33. The molecule has 15 heavy (non-hydrogen) atoms. The van der Waals surface area contributed by atoms with Gasteiger partial charge in [0.25, 0.3) is 0 Å². The van der Waals surface area contributed by atoms with Crippen LogP contribution in [0.15, 0.2) is 16.6 Å². The Morgan fingerprint density at radius 3 is 2.40 bits per heavy atom. The molecular weight excluding hydrogens is 303 g/mol. The van der Waals surface area contributed by atoms with Gasteiger partial charge in [-0.1, -0.05) is 23.2 Å². The molecule has 1 aromatic rings. The molecule has 0 radical (unpaired) electrons. The first-order valence-corrected chi connectivity index (χ1v) is 5.88. The molecule has 2 nitrogen and oxygen atoms in total. The van der Waals surface area contributed by atoms with Gasteiger partial charge in [0.05, 0.1) is 27.5 Å². The Morgan fingerprint density at radius 2 is 1.93 bits per heavy atom. The molecule has 0 aliphatic heterocycles. The molecule has 5 heteroatoms. The van der Waals surface area contributed by atoms with Gasteiger partial charge in [-0.05, 0) is 40.5 Å². The van der Waals surface area contributed by atoms with Crippen LogP contribution in [0.1, 0.15) is 12.5 Å². The number of hydrogen-bond acceptors (Lipinski definition) is 2. The number of ether oxygens (including phenoxy) is 1. The molecule has 0 N–H and O–H groups in total. The van der Waals surface area contributed by atoms with Crippen LogP contribution in [0.25, 0.3) is 0 Å². The zero-order valence-electron chi connectivity index (χ0n) is 8.02. The molecule has 0 saturated heterocycles. The van der Waals surface area contributed by atoms with Crippen molar-refractivity contribution in [2.75, 3.05) is 6.61 Å².